The second-order valence-electron chi connectivity index (χ2n) is 11.4. The summed E-state index contributed by atoms with van der Waals surface area (Å²) in [5.74, 6) is 1.71. The first-order chi connectivity index (χ1) is 23.2. The average Bonchev–Trinajstić information content (AvgIpc) is 3.85. The summed E-state index contributed by atoms with van der Waals surface area (Å²) in [4.78, 5) is 13.6. The zero-order chi connectivity index (χ0) is 31.1. The summed E-state index contributed by atoms with van der Waals surface area (Å²) < 4.78 is 11.7. The Bertz CT molecular complexity index is 2620. The van der Waals surface area contributed by atoms with Gasteiger partial charge in [0.25, 0.3) is 0 Å². The van der Waals surface area contributed by atoms with Gasteiger partial charge in [0.1, 0.15) is 10.0 Å². The minimum absolute atomic E-state index is 0.824. The Kier molecular flexibility index (Phi) is 6.21. The molecule has 224 valence electrons. The number of thioether (sulfide) groups is 1. The Labute approximate surface area is 286 Å². The first kappa shape index (κ1) is 27.4. The molecule has 0 saturated heterocycles. The molecular weight excluding hydrogens is 655 g/mol. The normalized spacial score (nSPS) is 12.6. The first-order valence-electron chi connectivity index (χ1n) is 15.2. The second-order valence-corrected chi connectivity index (χ2v) is 15.3. The Balaban J connectivity index is 1.22. The molecule has 9 aromatic rings. The fourth-order valence-electron chi connectivity index (χ4n) is 6.43. The highest BCUT2D eigenvalue weighted by atomic mass is 32.2. The van der Waals surface area contributed by atoms with Gasteiger partial charge in [0, 0.05) is 31.5 Å². The van der Waals surface area contributed by atoms with Crippen molar-refractivity contribution in [2.24, 2.45) is 0 Å². The zero-order valence-electron chi connectivity index (χ0n) is 24.9. The summed E-state index contributed by atoms with van der Waals surface area (Å²) in [6.45, 7) is 0. The number of nitrogens with zero attached hydrogens (tertiary/aromatic N) is 3. The standard InChI is InChI=1S/C39H23N3OS4/c1-44-35-19-15-23(39-41-27-10-4-7-13-34(27)47-39)21-30(35)42-28-17-16-25-24-8-2-5-11-32(24)45-37(25)36(28)43-31-18-14-22(20-29(31)42)38-40-26-9-3-6-12-33(26)46-38/h2-21H,1H3. The van der Waals surface area contributed by atoms with Crippen LogP contribution >= 0.6 is 45.8 Å². The van der Waals surface area contributed by atoms with E-state index in [-0.39, 0.29) is 0 Å². The number of fused-ring (bicyclic) bond motifs is 8. The van der Waals surface area contributed by atoms with Gasteiger partial charge in [-0.3, -0.25) is 0 Å². The molecular formula is C39H23N3OS4. The van der Waals surface area contributed by atoms with Gasteiger partial charge in [0.15, 0.2) is 11.5 Å². The Hall–Kier alpha value is -4.73. The van der Waals surface area contributed by atoms with Gasteiger partial charge >= 0.3 is 0 Å². The number of hydrogen-bond donors (Lipinski definition) is 0. The van der Waals surface area contributed by atoms with Crippen molar-refractivity contribution >= 4 is 103 Å². The molecule has 1 aliphatic heterocycles. The molecule has 0 saturated carbocycles. The number of aromatic nitrogens is 2. The van der Waals surface area contributed by atoms with Gasteiger partial charge in [0.05, 0.1) is 42.2 Å². The van der Waals surface area contributed by atoms with E-state index in [4.69, 9.17) is 14.7 Å². The van der Waals surface area contributed by atoms with Gasteiger partial charge in [-0.2, -0.15) is 0 Å². The lowest BCUT2D eigenvalue weighted by atomic mass is 10.1. The van der Waals surface area contributed by atoms with Crippen molar-refractivity contribution in [2.45, 2.75) is 4.90 Å². The van der Waals surface area contributed by atoms with Crippen molar-refractivity contribution in [1.29, 1.82) is 0 Å². The molecule has 0 fully saturated rings. The quantitative estimate of drug-likeness (QED) is 0.173. The molecule has 4 heterocycles. The summed E-state index contributed by atoms with van der Waals surface area (Å²) in [6.07, 6.45) is 2.14. The highest BCUT2D eigenvalue weighted by Crippen LogP contribution is 2.57. The molecule has 0 unspecified atom stereocenters. The second kappa shape index (κ2) is 10.7. The van der Waals surface area contributed by atoms with E-state index in [2.05, 4.69) is 120 Å². The third-order valence-corrected chi connectivity index (χ3v) is 12.8. The molecule has 0 amide bonds. The van der Waals surface area contributed by atoms with E-state index in [1.165, 1.54) is 29.8 Å². The van der Waals surface area contributed by atoms with Gasteiger partial charge in [-0.05, 0) is 73.0 Å². The minimum atomic E-state index is 0.824. The van der Waals surface area contributed by atoms with E-state index < -0.39 is 0 Å². The third-order valence-electron chi connectivity index (χ3n) is 8.63. The van der Waals surface area contributed by atoms with Crippen molar-refractivity contribution in [3.8, 4) is 32.6 Å². The highest BCUT2D eigenvalue weighted by Gasteiger charge is 2.31. The van der Waals surface area contributed by atoms with Crippen molar-refractivity contribution in [1.82, 2.24) is 9.97 Å². The fourth-order valence-corrected chi connectivity index (χ4v) is 10.1. The highest BCUT2D eigenvalue weighted by molar-refractivity contribution is 7.98. The topological polar surface area (TPSA) is 38.2 Å². The molecule has 0 aliphatic carbocycles. The van der Waals surface area contributed by atoms with E-state index in [9.17, 15) is 0 Å². The predicted octanol–water partition coefficient (Wildman–Crippen LogP) is 12.9. The van der Waals surface area contributed by atoms with Crippen molar-refractivity contribution in [2.75, 3.05) is 11.2 Å². The van der Waals surface area contributed by atoms with Crippen LogP contribution in [0.3, 0.4) is 0 Å². The largest absolute Gasteiger partial charge is 0.451 e. The molecule has 0 radical (unpaired) electrons. The molecule has 47 heavy (non-hydrogen) atoms. The molecule has 1 aliphatic rings. The van der Waals surface area contributed by atoms with Crippen LogP contribution in [0.25, 0.3) is 61.7 Å². The van der Waals surface area contributed by atoms with E-state index in [0.717, 1.165) is 65.4 Å². The van der Waals surface area contributed by atoms with Crippen LogP contribution in [0.4, 0.5) is 17.1 Å². The smallest absolute Gasteiger partial charge is 0.169 e. The number of rotatable bonds is 4. The fraction of sp³-hybridized carbons (Fsp3) is 0.0256. The number of thiazole rings is 2. The maximum atomic E-state index is 6.88. The number of benzene rings is 6. The van der Waals surface area contributed by atoms with Crippen molar-refractivity contribution in [3.05, 3.63) is 121 Å². The molecule has 6 aromatic carbocycles. The molecule has 0 spiro atoms. The van der Waals surface area contributed by atoms with E-state index in [1.54, 1.807) is 45.8 Å². The Morgan fingerprint density at radius 3 is 1.91 bits per heavy atom. The number of anilines is 3. The zero-order valence-corrected chi connectivity index (χ0v) is 28.2. The summed E-state index contributed by atoms with van der Waals surface area (Å²) in [7, 11) is 0. The van der Waals surface area contributed by atoms with Crippen molar-refractivity contribution < 1.29 is 4.74 Å². The molecule has 8 heteroatoms. The predicted molar refractivity (Wildman–Crippen MR) is 203 cm³/mol. The number of hydrogen-bond acceptors (Lipinski definition) is 8. The van der Waals surface area contributed by atoms with Crippen LogP contribution < -0.4 is 9.64 Å². The van der Waals surface area contributed by atoms with Crippen LogP contribution in [0.15, 0.2) is 126 Å². The maximum Gasteiger partial charge on any atom is 0.169 e. The number of para-hydroxylation sites is 2. The third kappa shape index (κ3) is 4.33. The SMILES string of the molecule is CSc1ccc(-c2nc3ccccc3s2)cc1N1c2cc(-c3nc4ccccc4s3)ccc2Oc2c1ccc1c2sc2ccccc21. The van der Waals surface area contributed by atoms with Gasteiger partial charge < -0.3 is 9.64 Å². The van der Waals surface area contributed by atoms with Crippen LogP contribution in [0, 0.1) is 0 Å². The van der Waals surface area contributed by atoms with Gasteiger partial charge in [-0.1, -0.05) is 54.6 Å². The van der Waals surface area contributed by atoms with Gasteiger partial charge in [0.2, 0.25) is 0 Å². The summed E-state index contributed by atoms with van der Waals surface area (Å²) in [5.41, 5.74) is 7.32. The van der Waals surface area contributed by atoms with E-state index in [0.29, 0.717) is 0 Å². The Morgan fingerprint density at radius 1 is 0.574 bits per heavy atom. The lowest BCUT2D eigenvalue weighted by molar-refractivity contribution is 0.483. The van der Waals surface area contributed by atoms with Crippen LogP contribution in [0.2, 0.25) is 0 Å². The summed E-state index contributed by atoms with van der Waals surface area (Å²) in [5, 5.41) is 4.47. The Morgan fingerprint density at radius 2 is 1.21 bits per heavy atom. The lowest BCUT2D eigenvalue weighted by Crippen LogP contribution is -2.17. The summed E-state index contributed by atoms with van der Waals surface area (Å²) in [6, 6.07) is 43.0. The monoisotopic (exact) mass is 677 g/mol. The molecule has 0 atom stereocenters. The average molecular weight is 678 g/mol. The molecule has 0 N–H and O–H groups in total. The van der Waals surface area contributed by atoms with Crippen LogP contribution in [0.1, 0.15) is 0 Å². The maximum absolute atomic E-state index is 6.88. The van der Waals surface area contributed by atoms with Gasteiger partial charge in [-0.15, -0.1) is 45.8 Å². The molecule has 4 nitrogen and oxygen atoms in total. The molecule has 3 aromatic heterocycles. The van der Waals surface area contributed by atoms with Crippen LogP contribution in [0.5, 0.6) is 11.5 Å². The van der Waals surface area contributed by atoms with E-state index >= 15 is 0 Å². The van der Waals surface area contributed by atoms with Crippen LogP contribution in [-0.4, -0.2) is 16.2 Å². The number of thiophene rings is 1. The number of ether oxygens (including phenoxy) is 1. The summed E-state index contributed by atoms with van der Waals surface area (Å²) >= 11 is 6.99. The molecule has 10 rings (SSSR count). The van der Waals surface area contributed by atoms with E-state index in [1.807, 2.05) is 12.1 Å². The van der Waals surface area contributed by atoms with Crippen molar-refractivity contribution in [3.63, 3.8) is 0 Å². The van der Waals surface area contributed by atoms with Crippen LogP contribution in [-0.2, 0) is 0 Å². The lowest BCUT2D eigenvalue weighted by Gasteiger charge is -2.34. The minimum Gasteiger partial charge on any atom is -0.451 e. The first-order valence-corrected chi connectivity index (χ1v) is 18.9. The van der Waals surface area contributed by atoms with Gasteiger partial charge in [-0.25, -0.2) is 9.97 Å². The molecule has 0 bridgehead atoms.